The molecule has 0 saturated carbocycles. The molecule has 0 unspecified atom stereocenters. The predicted molar refractivity (Wildman–Crippen MR) is 77.7 cm³/mol. The molecule has 0 N–H and O–H groups in total. The minimum atomic E-state index is -0.622. The molecule has 0 aliphatic heterocycles. The molecular weight excluding hydrogens is 256 g/mol. The second kappa shape index (κ2) is 5.90. The van der Waals surface area contributed by atoms with Crippen molar-refractivity contribution in [3.05, 3.63) is 35.4 Å². The van der Waals surface area contributed by atoms with Crippen LogP contribution in [-0.4, -0.2) is 17.5 Å². The summed E-state index contributed by atoms with van der Waals surface area (Å²) in [6, 6.07) is 3.39. The summed E-state index contributed by atoms with van der Waals surface area (Å²) in [5.74, 6) is -0.776. The quantitative estimate of drug-likeness (QED) is 0.626. The molecule has 0 aliphatic rings. The highest BCUT2D eigenvalue weighted by atomic mass is 16.6. The maximum Gasteiger partial charge on any atom is 0.342 e. The average Bonchev–Trinajstić information content (AvgIpc) is 2.28. The van der Waals surface area contributed by atoms with Gasteiger partial charge in [-0.1, -0.05) is 12.7 Å². The van der Waals surface area contributed by atoms with Crippen molar-refractivity contribution in [3.8, 4) is 5.75 Å². The van der Waals surface area contributed by atoms with E-state index in [1.165, 1.54) is 6.92 Å². The zero-order valence-electron chi connectivity index (χ0n) is 12.6. The van der Waals surface area contributed by atoms with Crippen LogP contribution in [0.25, 0.3) is 6.08 Å². The highest BCUT2D eigenvalue weighted by molar-refractivity contribution is 5.95. The lowest BCUT2D eigenvalue weighted by molar-refractivity contribution is -0.131. The molecule has 108 valence electrons. The predicted octanol–water partition coefficient (Wildman–Crippen LogP) is 3.52. The van der Waals surface area contributed by atoms with Crippen LogP contribution >= 0.6 is 0 Å². The summed E-state index contributed by atoms with van der Waals surface area (Å²) in [4.78, 5) is 23.4. The first kappa shape index (κ1) is 16.0. The van der Waals surface area contributed by atoms with E-state index in [2.05, 4.69) is 6.58 Å². The van der Waals surface area contributed by atoms with Gasteiger partial charge in [-0.05, 0) is 51.0 Å². The van der Waals surface area contributed by atoms with Crippen molar-refractivity contribution in [2.75, 3.05) is 0 Å². The molecule has 0 atom stereocenters. The lowest BCUT2D eigenvalue weighted by Gasteiger charge is -2.21. The van der Waals surface area contributed by atoms with Crippen molar-refractivity contribution in [1.29, 1.82) is 0 Å². The van der Waals surface area contributed by atoms with E-state index in [0.717, 1.165) is 5.56 Å². The highest BCUT2D eigenvalue weighted by Gasteiger charge is 2.23. The minimum absolute atomic E-state index is 0.227. The number of rotatable bonds is 3. The van der Waals surface area contributed by atoms with E-state index in [0.29, 0.717) is 5.56 Å². The molecule has 20 heavy (non-hydrogen) atoms. The van der Waals surface area contributed by atoms with E-state index in [9.17, 15) is 9.59 Å². The molecule has 0 aliphatic carbocycles. The summed E-state index contributed by atoms with van der Waals surface area (Å²) < 4.78 is 10.5. The van der Waals surface area contributed by atoms with Crippen LogP contribution < -0.4 is 4.74 Å². The van der Waals surface area contributed by atoms with Gasteiger partial charge in [-0.25, -0.2) is 4.79 Å². The molecule has 0 radical (unpaired) electrons. The largest absolute Gasteiger partial charge is 0.456 e. The summed E-state index contributed by atoms with van der Waals surface area (Å²) in [7, 11) is 0. The van der Waals surface area contributed by atoms with Crippen LogP contribution in [0.3, 0.4) is 0 Å². The first-order valence-corrected chi connectivity index (χ1v) is 6.33. The monoisotopic (exact) mass is 276 g/mol. The van der Waals surface area contributed by atoms with Gasteiger partial charge in [0, 0.05) is 6.92 Å². The number of benzene rings is 1. The number of carbonyl (C=O) groups is 2. The second-order valence-corrected chi connectivity index (χ2v) is 5.51. The number of hydrogen-bond acceptors (Lipinski definition) is 4. The molecule has 1 rings (SSSR count). The molecule has 0 aromatic heterocycles. The van der Waals surface area contributed by atoms with Gasteiger partial charge in [0.1, 0.15) is 16.9 Å². The van der Waals surface area contributed by atoms with Crippen LogP contribution in [0.4, 0.5) is 0 Å². The van der Waals surface area contributed by atoms with E-state index >= 15 is 0 Å². The Balaban J connectivity index is 3.33. The van der Waals surface area contributed by atoms with E-state index in [-0.39, 0.29) is 11.3 Å². The molecule has 0 spiro atoms. The number of aryl methyl sites for hydroxylation is 1. The van der Waals surface area contributed by atoms with Crippen LogP contribution in [0.15, 0.2) is 18.7 Å². The molecule has 0 bridgehead atoms. The third-order valence-electron chi connectivity index (χ3n) is 2.40. The fraction of sp³-hybridized carbons (Fsp3) is 0.375. The average molecular weight is 276 g/mol. The van der Waals surface area contributed by atoms with Crippen molar-refractivity contribution in [2.45, 2.75) is 40.2 Å². The molecule has 1 aromatic rings. The fourth-order valence-corrected chi connectivity index (χ4v) is 1.68. The van der Waals surface area contributed by atoms with Crippen molar-refractivity contribution < 1.29 is 19.1 Å². The van der Waals surface area contributed by atoms with Gasteiger partial charge < -0.3 is 9.47 Å². The number of ether oxygens (including phenoxy) is 2. The Morgan fingerprint density at radius 2 is 1.85 bits per heavy atom. The second-order valence-electron chi connectivity index (χ2n) is 5.51. The SMILES string of the molecule is C=Cc1cc(C)c(OC(C)=O)c(C(=O)OC(C)(C)C)c1. The maximum absolute atomic E-state index is 12.2. The van der Waals surface area contributed by atoms with Crippen molar-refractivity contribution in [3.63, 3.8) is 0 Å². The summed E-state index contributed by atoms with van der Waals surface area (Å²) >= 11 is 0. The standard InChI is InChI=1S/C16H20O4/c1-7-12-8-10(2)14(19-11(3)17)13(9-12)15(18)20-16(4,5)6/h7-9H,1H2,2-6H3. The molecule has 0 heterocycles. The Kier molecular flexibility index (Phi) is 4.71. The van der Waals surface area contributed by atoms with E-state index in [4.69, 9.17) is 9.47 Å². The zero-order valence-corrected chi connectivity index (χ0v) is 12.6. The van der Waals surface area contributed by atoms with Gasteiger partial charge in [-0.3, -0.25) is 4.79 Å². The Morgan fingerprint density at radius 1 is 1.25 bits per heavy atom. The molecule has 0 saturated heterocycles. The van der Waals surface area contributed by atoms with Gasteiger partial charge in [-0.15, -0.1) is 0 Å². The fourth-order valence-electron chi connectivity index (χ4n) is 1.68. The smallest absolute Gasteiger partial charge is 0.342 e. The van der Waals surface area contributed by atoms with Crippen LogP contribution in [0.5, 0.6) is 5.75 Å². The molecule has 0 fully saturated rings. The Bertz CT molecular complexity index is 550. The summed E-state index contributed by atoms with van der Waals surface area (Å²) in [5.41, 5.74) is 1.05. The van der Waals surface area contributed by atoms with Gasteiger partial charge >= 0.3 is 11.9 Å². The number of esters is 2. The van der Waals surface area contributed by atoms with Gasteiger partial charge in [-0.2, -0.15) is 0 Å². The first-order valence-electron chi connectivity index (χ1n) is 6.33. The van der Waals surface area contributed by atoms with Crippen LogP contribution in [0.1, 0.15) is 49.2 Å². The lowest BCUT2D eigenvalue weighted by atomic mass is 10.0. The number of carbonyl (C=O) groups excluding carboxylic acids is 2. The van der Waals surface area contributed by atoms with Crippen LogP contribution in [0.2, 0.25) is 0 Å². The molecule has 1 aromatic carbocycles. The van der Waals surface area contributed by atoms with Gasteiger partial charge in [0.05, 0.1) is 0 Å². The zero-order chi connectivity index (χ0) is 15.5. The van der Waals surface area contributed by atoms with Crippen molar-refractivity contribution in [1.82, 2.24) is 0 Å². The van der Waals surface area contributed by atoms with Crippen LogP contribution in [-0.2, 0) is 9.53 Å². The Labute approximate surface area is 119 Å². The van der Waals surface area contributed by atoms with Crippen LogP contribution in [0, 0.1) is 6.92 Å². The highest BCUT2D eigenvalue weighted by Crippen LogP contribution is 2.28. The first-order chi connectivity index (χ1) is 9.14. The molecule has 0 amide bonds. The normalized spacial score (nSPS) is 10.8. The molecular formula is C16H20O4. The Hall–Kier alpha value is -2.10. The maximum atomic E-state index is 12.2. The minimum Gasteiger partial charge on any atom is -0.456 e. The number of hydrogen-bond donors (Lipinski definition) is 0. The van der Waals surface area contributed by atoms with E-state index in [1.54, 1.807) is 45.9 Å². The summed E-state index contributed by atoms with van der Waals surface area (Å²) in [6.45, 7) is 12.1. The van der Waals surface area contributed by atoms with Gasteiger partial charge in [0.25, 0.3) is 0 Å². The Morgan fingerprint density at radius 3 is 2.30 bits per heavy atom. The van der Waals surface area contributed by atoms with E-state index < -0.39 is 17.5 Å². The summed E-state index contributed by atoms with van der Waals surface area (Å²) in [5, 5.41) is 0. The third-order valence-corrected chi connectivity index (χ3v) is 2.40. The van der Waals surface area contributed by atoms with Gasteiger partial charge in [0.2, 0.25) is 0 Å². The molecule has 4 heteroatoms. The van der Waals surface area contributed by atoms with Crippen molar-refractivity contribution >= 4 is 18.0 Å². The molecule has 4 nitrogen and oxygen atoms in total. The topological polar surface area (TPSA) is 52.6 Å². The summed E-state index contributed by atoms with van der Waals surface area (Å²) in [6.07, 6.45) is 1.62. The van der Waals surface area contributed by atoms with Gasteiger partial charge in [0.15, 0.2) is 0 Å². The lowest BCUT2D eigenvalue weighted by Crippen LogP contribution is -2.24. The third kappa shape index (κ3) is 4.23. The van der Waals surface area contributed by atoms with Crippen molar-refractivity contribution in [2.24, 2.45) is 0 Å². The van der Waals surface area contributed by atoms with E-state index in [1.807, 2.05) is 0 Å².